The molecule has 0 radical (unpaired) electrons. The van der Waals surface area contributed by atoms with E-state index in [0.717, 1.165) is 38.2 Å². The van der Waals surface area contributed by atoms with Gasteiger partial charge in [0.05, 0.1) is 24.6 Å². The smallest absolute Gasteiger partial charge is 0.157 e. The van der Waals surface area contributed by atoms with Crippen molar-refractivity contribution >= 4 is 11.8 Å². The van der Waals surface area contributed by atoms with Gasteiger partial charge < -0.3 is 9.47 Å². The van der Waals surface area contributed by atoms with Gasteiger partial charge in [0.2, 0.25) is 0 Å². The van der Waals surface area contributed by atoms with Gasteiger partial charge in [0, 0.05) is 19.4 Å². The normalized spacial score (nSPS) is 25.8. The molecule has 4 nitrogen and oxygen atoms in total. The molecule has 0 amide bonds. The SMILES string of the molecule is CCCn1cc(OC2CCOC3(CCSCC3)C2)cn1. The molecule has 1 aromatic rings. The van der Waals surface area contributed by atoms with Crippen molar-refractivity contribution in [2.24, 2.45) is 0 Å². The van der Waals surface area contributed by atoms with Crippen LogP contribution in [0.4, 0.5) is 0 Å². The van der Waals surface area contributed by atoms with Gasteiger partial charge in [-0.25, -0.2) is 0 Å². The Morgan fingerprint density at radius 2 is 2.35 bits per heavy atom. The first-order valence-electron chi connectivity index (χ1n) is 7.70. The topological polar surface area (TPSA) is 36.3 Å². The van der Waals surface area contributed by atoms with Crippen molar-refractivity contribution in [3.8, 4) is 5.75 Å². The summed E-state index contributed by atoms with van der Waals surface area (Å²) in [6.45, 7) is 3.95. The van der Waals surface area contributed by atoms with Gasteiger partial charge in [0.1, 0.15) is 6.10 Å². The fraction of sp³-hybridized carbons (Fsp3) is 0.800. The molecule has 20 heavy (non-hydrogen) atoms. The largest absolute Gasteiger partial charge is 0.487 e. The van der Waals surface area contributed by atoms with Crippen LogP contribution in [0.15, 0.2) is 12.4 Å². The minimum atomic E-state index is 0.0909. The monoisotopic (exact) mass is 296 g/mol. The average Bonchev–Trinajstić information content (AvgIpc) is 2.87. The van der Waals surface area contributed by atoms with Crippen LogP contribution in [0.2, 0.25) is 0 Å². The highest BCUT2D eigenvalue weighted by atomic mass is 32.2. The molecule has 2 aliphatic rings. The average molecular weight is 296 g/mol. The van der Waals surface area contributed by atoms with Crippen LogP contribution in [0.1, 0.15) is 39.0 Å². The highest BCUT2D eigenvalue weighted by Crippen LogP contribution is 2.38. The molecule has 2 fully saturated rings. The zero-order valence-corrected chi connectivity index (χ0v) is 13.0. The first kappa shape index (κ1) is 14.3. The Hall–Kier alpha value is -0.680. The Morgan fingerprint density at radius 1 is 1.50 bits per heavy atom. The number of hydrogen-bond acceptors (Lipinski definition) is 4. The molecule has 2 saturated heterocycles. The van der Waals surface area contributed by atoms with E-state index in [1.54, 1.807) is 0 Å². The summed E-state index contributed by atoms with van der Waals surface area (Å²) in [5, 5.41) is 4.33. The van der Waals surface area contributed by atoms with E-state index in [1.165, 1.54) is 24.3 Å². The van der Waals surface area contributed by atoms with E-state index in [0.29, 0.717) is 0 Å². The third kappa shape index (κ3) is 3.31. The van der Waals surface area contributed by atoms with Crippen LogP contribution >= 0.6 is 11.8 Å². The quantitative estimate of drug-likeness (QED) is 0.855. The highest BCUT2D eigenvalue weighted by molar-refractivity contribution is 7.99. The third-order valence-corrected chi connectivity index (χ3v) is 5.20. The maximum absolute atomic E-state index is 6.14. The van der Waals surface area contributed by atoms with Crippen LogP contribution in [0, 0.1) is 0 Å². The fourth-order valence-electron chi connectivity index (χ4n) is 3.12. The van der Waals surface area contributed by atoms with E-state index in [2.05, 4.69) is 12.0 Å². The zero-order valence-electron chi connectivity index (χ0n) is 12.2. The Labute approximate surface area is 125 Å². The second-order valence-corrected chi connectivity index (χ2v) is 7.04. The minimum Gasteiger partial charge on any atom is -0.487 e. The van der Waals surface area contributed by atoms with Gasteiger partial charge >= 0.3 is 0 Å². The number of rotatable bonds is 4. The first-order valence-corrected chi connectivity index (χ1v) is 8.86. The molecule has 0 saturated carbocycles. The Kier molecular flexibility index (Phi) is 4.56. The summed E-state index contributed by atoms with van der Waals surface area (Å²) < 4.78 is 14.2. The van der Waals surface area contributed by atoms with Crippen LogP contribution in [0.25, 0.3) is 0 Å². The lowest BCUT2D eigenvalue weighted by Crippen LogP contribution is -2.46. The molecule has 0 aromatic carbocycles. The Bertz CT molecular complexity index is 424. The summed E-state index contributed by atoms with van der Waals surface area (Å²) >= 11 is 2.04. The first-order chi connectivity index (χ1) is 9.80. The second kappa shape index (κ2) is 6.39. The summed E-state index contributed by atoms with van der Waals surface area (Å²) in [7, 11) is 0. The van der Waals surface area contributed by atoms with Crippen molar-refractivity contribution in [1.29, 1.82) is 0 Å². The van der Waals surface area contributed by atoms with E-state index in [-0.39, 0.29) is 11.7 Å². The zero-order chi connectivity index (χ0) is 13.8. The van der Waals surface area contributed by atoms with Gasteiger partial charge in [-0.05, 0) is 30.8 Å². The molecule has 1 spiro atoms. The van der Waals surface area contributed by atoms with Crippen molar-refractivity contribution < 1.29 is 9.47 Å². The molecule has 1 aromatic heterocycles. The number of aromatic nitrogens is 2. The van der Waals surface area contributed by atoms with Crippen molar-refractivity contribution in [1.82, 2.24) is 9.78 Å². The van der Waals surface area contributed by atoms with Crippen LogP contribution in [0.3, 0.4) is 0 Å². The minimum absolute atomic E-state index is 0.0909. The van der Waals surface area contributed by atoms with E-state index in [4.69, 9.17) is 9.47 Å². The summed E-state index contributed by atoms with van der Waals surface area (Å²) in [5.41, 5.74) is 0.0909. The third-order valence-electron chi connectivity index (χ3n) is 4.22. The van der Waals surface area contributed by atoms with Crippen molar-refractivity contribution in [2.75, 3.05) is 18.1 Å². The van der Waals surface area contributed by atoms with Crippen LogP contribution in [-0.2, 0) is 11.3 Å². The van der Waals surface area contributed by atoms with E-state index in [9.17, 15) is 0 Å². The molecule has 3 heterocycles. The predicted octanol–water partition coefficient (Wildman–Crippen LogP) is 3.12. The summed E-state index contributed by atoms with van der Waals surface area (Å²) in [5.74, 6) is 3.35. The van der Waals surface area contributed by atoms with E-state index in [1.807, 2.05) is 28.8 Å². The van der Waals surface area contributed by atoms with E-state index < -0.39 is 0 Å². The number of ether oxygens (including phenoxy) is 2. The molecule has 0 aliphatic carbocycles. The predicted molar refractivity (Wildman–Crippen MR) is 81.4 cm³/mol. The van der Waals surface area contributed by atoms with Gasteiger partial charge in [-0.15, -0.1) is 0 Å². The number of aryl methyl sites for hydroxylation is 1. The fourth-order valence-corrected chi connectivity index (χ4v) is 4.36. The molecular formula is C15H24N2O2S. The van der Waals surface area contributed by atoms with Crippen molar-refractivity contribution in [2.45, 2.75) is 57.3 Å². The second-order valence-electron chi connectivity index (χ2n) is 5.82. The molecule has 5 heteroatoms. The molecule has 1 unspecified atom stereocenters. The summed E-state index contributed by atoms with van der Waals surface area (Å²) in [4.78, 5) is 0. The molecular weight excluding hydrogens is 272 g/mol. The van der Waals surface area contributed by atoms with Crippen LogP contribution in [-0.4, -0.2) is 39.6 Å². The molecule has 1 atom stereocenters. The number of hydrogen-bond donors (Lipinski definition) is 0. The maximum atomic E-state index is 6.14. The van der Waals surface area contributed by atoms with Gasteiger partial charge in [0.15, 0.2) is 5.75 Å². The standard InChI is InChI=1S/C15H24N2O2S/c1-2-6-17-12-14(11-16-17)19-13-3-7-18-15(10-13)4-8-20-9-5-15/h11-13H,2-10H2,1H3. The molecule has 112 valence electrons. The van der Waals surface area contributed by atoms with Gasteiger partial charge in [-0.2, -0.15) is 16.9 Å². The Balaban J connectivity index is 1.59. The molecule has 0 N–H and O–H groups in total. The van der Waals surface area contributed by atoms with E-state index >= 15 is 0 Å². The summed E-state index contributed by atoms with van der Waals surface area (Å²) in [6.07, 6.45) is 9.61. The summed E-state index contributed by atoms with van der Waals surface area (Å²) in [6, 6.07) is 0. The lowest BCUT2D eigenvalue weighted by Gasteiger charge is -2.42. The maximum Gasteiger partial charge on any atom is 0.157 e. The lowest BCUT2D eigenvalue weighted by atomic mass is 9.86. The highest BCUT2D eigenvalue weighted by Gasteiger charge is 2.39. The molecule has 3 rings (SSSR count). The molecule has 2 aliphatic heterocycles. The van der Waals surface area contributed by atoms with Crippen LogP contribution < -0.4 is 4.74 Å². The van der Waals surface area contributed by atoms with Crippen molar-refractivity contribution in [3.63, 3.8) is 0 Å². The Morgan fingerprint density at radius 3 is 3.15 bits per heavy atom. The number of thioether (sulfide) groups is 1. The number of nitrogens with zero attached hydrogens (tertiary/aromatic N) is 2. The molecule has 0 bridgehead atoms. The van der Waals surface area contributed by atoms with Gasteiger partial charge in [-0.1, -0.05) is 6.92 Å². The van der Waals surface area contributed by atoms with Gasteiger partial charge in [-0.3, -0.25) is 4.68 Å². The lowest BCUT2D eigenvalue weighted by molar-refractivity contribution is -0.116. The van der Waals surface area contributed by atoms with Crippen LogP contribution in [0.5, 0.6) is 5.75 Å². The van der Waals surface area contributed by atoms with Crippen molar-refractivity contribution in [3.05, 3.63) is 12.4 Å². The van der Waals surface area contributed by atoms with Gasteiger partial charge in [0.25, 0.3) is 0 Å².